The number of imide groups is 1. The lowest BCUT2D eigenvalue weighted by Gasteiger charge is -2.12. The number of thioether (sulfide) groups is 1. The van der Waals surface area contributed by atoms with Gasteiger partial charge in [-0.3, -0.25) is 19.3 Å². The van der Waals surface area contributed by atoms with Gasteiger partial charge in [0.25, 0.3) is 11.1 Å². The first-order valence-electron chi connectivity index (χ1n) is 7.93. The van der Waals surface area contributed by atoms with Crippen molar-refractivity contribution in [2.45, 2.75) is 6.92 Å². The predicted molar refractivity (Wildman–Crippen MR) is 96.8 cm³/mol. The number of aromatic hydroxyl groups is 1. The van der Waals surface area contributed by atoms with Gasteiger partial charge < -0.3 is 19.9 Å². The van der Waals surface area contributed by atoms with Gasteiger partial charge in [0.15, 0.2) is 11.5 Å². The van der Waals surface area contributed by atoms with E-state index in [4.69, 9.17) is 9.47 Å². The summed E-state index contributed by atoms with van der Waals surface area (Å²) in [5, 5.41) is 12.2. The molecular weight excluding hydrogens is 360 g/mol. The topological polar surface area (TPSA) is 105 Å². The molecule has 0 spiro atoms. The fourth-order valence-corrected chi connectivity index (χ4v) is 3.03. The van der Waals surface area contributed by atoms with Crippen LogP contribution < -0.4 is 10.1 Å². The van der Waals surface area contributed by atoms with E-state index in [1.54, 1.807) is 25.1 Å². The maximum atomic E-state index is 12.4. The number of carbonyl (C=O) groups excluding carboxylic acids is 3. The van der Waals surface area contributed by atoms with Gasteiger partial charge in [0.2, 0.25) is 5.91 Å². The van der Waals surface area contributed by atoms with Crippen molar-refractivity contribution in [2.75, 3.05) is 33.4 Å². The van der Waals surface area contributed by atoms with Gasteiger partial charge in [0, 0.05) is 19.2 Å². The van der Waals surface area contributed by atoms with Crippen molar-refractivity contribution >= 4 is 34.9 Å². The maximum absolute atomic E-state index is 12.4. The number of nitrogens with zero attached hydrogens (tertiary/aromatic N) is 1. The number of amides is 3. The molecule has 0 aliphatic carbocycles. The van der Waals surface area contributed by atoms with Crippen LogP contribution in [0, 0.1) is 0 Å². The summed E-state index contributed by atoms with van der Waals surface area (Å²) in [6.45, 7) is 2.43. The molecule has 2 N–H and O–H groups in total. The molecule has 1 fully saturated rings. The quantitative estimate of drug-likeness (QED) is 0.521. The Bertz CT molecular complexity index is 734. The lowest BCUT2D eigenvalue weighted by molar-refractivity contribution is -0.129. The first-order chi connectivity index (χ1) is 12.5. The number of phenols is 1. The Morgan fingerprint density at radius 2 is 2.15 bits per heavy atom. The lowest BCUT2D eigenvalue weighted by Crippen LogP contribution is -2.40. The zero-order valence-electron chi connectivity index (χ0n) is 14.5. The second-order valence-electron chi connectivity index (χ2n) is 5.24. The highest BCUT2D eigenvalue weighted by Gasteiger charge is 2.36. The molecule has 0 unspecified atom stereocenters. The average molecular weight is 380 g/mol. The number of methoxy groups -OCH3 is 1. The molecule has 1 aliphatic heterocycles. The van der Waals surface area contributed by atoms with Crippen LogP contribution in [-0.4, -0.2) is 60.5 Å². The van der Waals surface area contributed by atoms with Crippen molar-refractivity contribution in [1.82, 2.24) is 10.2 Å². The standard InChI is InChI=1S/C17H20N2O6S/c1-3-25-12-6-4-5-11(15(12)21)9-13-16(22)19(17(23)26-13)10-14(20)18-7-8-24-2/h4-6,9,21H,3,7-8,10H2,1-2H3,(H,18,20)/b13-9-. The molecule has 26 heavy (non-hydrogen) atoms. The van der Waals surface area contributed by atoms with Gasteiger partial charge in [-0.15, -0.1) is 0 Å². The van der Waals surface area contributed by atoms with E-state index in [-0.39, 0.29) is 22.9 Å². The molecule has 0 aromatic heterocycles. The second-order valence-corrected chi connectivity index (χ2v) is 6.23. The molecule has 1 saturated heterocycles. The molecule has 1 aromatic carbocycles. The molecule has 1 heterocycles. The van der Waals surface area contributed by atoms with Crippen molar-refractivity contribution in [1.29, 1.82) is 0 Å². The molecule has 0 bridgehead atoms. The molecule has 8 nitrogen and oxygen atoms in total. The van der Waals surface area contributed by atoms with Crippen molar-refractivity contribution < 1.29 is 29.0 Å². The SMILES string of the molecule is CCOc1cccc(/C=C2\SC(=O)N(CC(=O)NCCOC)C2=O)c1O. The summed E-state index contributed by atoms with van der Waals surface area (Å²) in [6, 6.07) is 4.87. The van der Waals surface area contributed by atoms with Gasteiger partial charge in [-0.1, -0.05) is 12.1 Å². The molecule has 0 radical (unpaired) electrons. The number of rotatable bonds is 8. The molecule has 2 rings (SSSR count). The summed E-state index contributed by atoms with van der Waals surface area (Å²) < 4.78 is 10.1. The summed E-state index contributed by atoms with van der Waals surface area (Å²) in [5.41, 5.74) is 0.353. The number of hydrogen-bond acceptors (Lipinski definition) is 7. The molecule has 0 atom stereocenters. The van der Waals surface area contributed by atoms with Crippen LogP contribution in [0.2, 0.25) is 0 Å². The molecule has 3 amide bonds. The van der Waals surface area contributed by atoms with Crippen molar-refractivity contribution in [3.05, 3.63) is 28.7 Å². The first kappa shape index (κ1) is 19.8. The monoisotopic (exact) mass is 380 g/mol. The fourth-order valence-electron chi connectivity index (χ4n) is 2.20. The Kier molecular flexibility index (Phi) is 7.05. The Balaban J connectivity index is 2.12. The summed E-state index contributed by atoms with van der Waals surface area (Å²) >= 11 is 0.717. The van der Waals surface area contributed by atoms with Crippen molar-refractivity contribution in [3.63, 3.8) is 0 Å². The third-order valence-electron chi connectivity index (χ3n) is 3.42. The summed E-state index contributed by atoms with van der Waals surface area (Å²) in [6.07, 6.45) is 1.41. The molecule has 1 aliphatic rings. The van der Waals surface area contributed by atoms with Crippen LogP contribution in [0.3, 0.4) is 0 Å². The minimum atomic E-state index is -0.580. The number of para-hydroxylation sites is 1. The van der Waals surface area contributed by atoms with Crippen LogP contribution >= 0.6 is 11.8 Å². The van der Waals surface area contributed by atoms with Crippen molar-refractivity contribution in [3.8, 4) is 11.5 Å². The third-order valence-corrected chi connectivity index (χ3v) is 4.33. The third kappa shape index (κ3) is 4.77. The van der Waals surface area contributed by atoms with E-state index in [2.05, 4.69) is 5.32 Å². The highest BCUT2D eigenvalue weighted by Crippen LogP contribution is 2.36. The molecular formula is C17H20N2O6S. The summed E-state index contributed by atoms with van der Waals surface area (Å²) in [7, 11) is 1.50. The molecule has 1 aromatic rings. The zero-order chi connectivity index (χ0) is 19.1. The average Bonchev–Trinajstić information content (AvgIpc) is 2.86. The smallest absolute Gasteiger partial charge is 0.294 e. The fraction of sp³-hybridized carbons (Fsp3) is 0.353. The van der Waals surface area contributed by atoms with E-state index in [0.29, 0.717) is 37.1 Å². The maximum Gasteiger partial charge on any atom is 0.294 e. The highest BCUT2D eigenvalue weighted by atomic mass is 32.2. The van der Waals surface area contributed by atoms with Crippen LogP contribution in [0.5, 0.6) is 11.5 Å². The van der Waals surface area contributed by atoms with Gasteiger partial charge in [0.1, 0.15) is 6.54 Å². The number of nitrogens with one attached hydrogen (secondary N) is 1. The zero-order valence-corrected chi connectivity index (χ0v) is 15.3. The molecule has 0 saturated carbocycles. The van der Waals surface area contributed by atoms with E-state index in [1.165, 1.54) is 13.2 Å². The van der Waals surface area contributed by atoms with Gasteiger partial charge in [0.05, 0.1) is 18.1 Å². The summed E-state index contributed by atoms with van der Waals surface area (Å²) in [5.74, 6) is -0.855. The van der Waals surface area contributed by atoms with E-state index < -0.39 is 17.1 Å². The van der Waals surface area contributed by atoms with Crippen LogP contribution in [0.1, 0.15) is 12.5 Å². The van der Waals surface area contributed by atoms with E-state index in [9.17, 15) is 19.5 Å². The Labute approximate surface area is 155 Å². The molecule has 140 valence electrons. The van der Waals surface area contributed by atoms with Crippen LogP contribution in [-0.2, 0) is 14.3 Å². The minimum Gasteiger partial charge on any atom is -0.504 e. The van der Waals surface area contributed by atoms with Crippen molar-refractivity contribution in [2.24, 2.45) is 0 Å². The highest BCUT2D eigenvalue weighted by molar-refractivity contribution is 8.18. The molecule has 9 heteroatoms. The number of ether oxygens (including phenoxy) is 2. The summed E-state index contributed by atoms with van der Waals surface area (Å²) in [4.78, 5) is 37.2. The normalized spacial score (nSPS) is 15.6. The van der Waals surface area contributed by atoms with Crippen LogP contribution in [0.4, 0.5) is 4.79 Å². The number of carbonyl (C=O) groups is 3. The number of hydrogen-bond donors (Lipinski definition) is 2. The Morgan fingerprint density at radius 1 is 1.38 bits per heavy atom. The van der Waals surface area contributed by atoms with E-state index >= 15 is 0 Å². The largest absolute Gasteiger partial charge is 0.504 e. The van der Waals surface area contributed by atoms with Gasteiger partial charge >= 0.3 is 0 Å². The lowest BCUT2D eigenvalue weighted by atomic mass is 10.1. The van der Waals surface area contributed by atoms with Gasteiger partial charge in [-0.05, 0) is 30.8 Å². The van der Waals surface area contributed by atoms with Crippen LogP contribution in [0.25, 0.3) is 6.08 Å². The first-order valence-corrected chi connectivity index (χ1v) is 8.75. The minimum absolute atomic E-state index is 0.113. The Morgan fingerprint density at radius 3 is 2.85 bits per heavy atom. The van der Waals surface area contributed by atoms with E-state index in [1.807, 2.05) is 0 Å². The van der Waals surface area contributed by atoms with Crippen LogP contribution in [0.15, 0.2) is 23.1 Å². The predicted octanol–water partition coefficient (Wildman–Crippen LogP) is 1.59. The second kappa shape index (κ2) is 9.25. The Hall–Kier alpha value is -2.52. The van der Waals surface area contributed by atoms with Gasteiger partial charge in [-0.2, -0.15) is 0 Å². The van der Waals surface area contributed by atoms with E-state index in [0.717, 1.165) is 4.90 Å². The number of benzene rings is 1. The number of phenolic OH excluding ortho intramolecular Hbond substituents is 1. The van der Waals surface area contributed by atoms with Gasteiger partial charge in [-0.25, -0.2) is 0 Å².